The third kappa shape index (κ3) is 2.80. The Labute approximate surface area is 133 Å². The Morgan fingerprint density at radius 3 is 2.48 bits per heavy atom. The van der Waals surface area contributed by atoms with Gasteiger partial charge in [-0.2, -0.15) is 0 Å². The zero-order chi connectivity index (χ0) is 14.7. The van der Waals surface area contributed by atoms with Gasteiger partial charge in [-0.25, -0.2) is 4.98 Å². The number of benzene rings is 2. The van der Waals surface area contributed by atoms with Gasteiger partial charge in [0.25, 0.3) is 0 Å². The van der Waals surface area contributed by atoms with Gasteiger partial charge in [0.1, 0.15) is 10.8 Å². The van der Waals surface area contributed by atoms with Crippen molar-refractivity contribution in [2.45, 2.75) is 5.88 Å². The lowest BCUT2D eigenvalue weighted by Crippen LogP contribution is -1.87. The first kappa shape index (κ1) is 14.1. The predicted octanol–water partition coefficient (Wildman–Crippen LogP) is 5.22. The van der Waals surface area contributed by atoms with E-state index < -0.39 is 0 Å². The summed E-state index contributed by atoms with van der Waals surface area (Å²) in [5, 5.41) is 0.932. The van der Waals surface area contributed by atoms with Gasteiger partial charge in [0.15, 0.2) is 0 Å². The largest absolute Gasteiger partial charge is 0.496 e. The van der Waals surface area contributed by atoms with Crippen molar-refractivity contribution in [3.8, 4) is 27.6 Å². The monoisotopic (exact) mass is 315 g/mol. The molecule has 3 aromatic rings. The maximum atomic E-state index is 6.10. The second kappa shape index (κ2) is 6.29. The Kier molecular flexibility index (Phi) is 4.23. The summed E-state index contributed by atoms with van der Waals surface area (Å²) in [5.41, 5.74) is 3.04. The van der Waals surface area contributed by atoms with Crippen molar-refractivity contribution >= 4 is 22.9 Å². The van der Waals surface area contributed by atoms with E-state index in [9.17, 15) is 0 Å². The fourth-order valence-electron chi connectivity index (χ4n) is 2.20. The van der Waals surface area contributed by atoms with Crippen LogP contribution in [0.3, 0.4) is 0 Å². The number of hydrogen-bond donors (Lipinski definition) is 0. The molecule has 3 rings (SSSR count). The summed E-state index contributed by atoms with van der Waals surface area (Å²) in [7, 11) is 1.67. The summed E-state index contributed by atoms with van der Waals surface area (Å²) in [6.45, 7) is 0. The molecule has 0 atom stereocenters. The van der Waals surface area contributed by atoms with Crippen LogP contribution in [0.25, 0.3) is 21.8 Å². The lowest BCUT2D eigenvalue weighted by atomic mass is 10.1. The highest BCUT2D eigenvalue weighted by atomic mass is 35.5. The van der Waals surface area contributed by atoms with Gasteiger partial charge in [0.2, 0.25) is 0 Å². The fourth-order valence-corrected chi connectivity index (χ4v) is 3.45. The lowest BCUT2D eigenvalue weighted by Gasteiger charge is -2.04. The van der Waals surface area contributed by atoms with Crippen LogP contribution in [0.15, 0.2) is 54.6 Å². The smallest absolute Gasteiger partial charge is 0.129 e. The van der Waals surface area contributed by atoms with Gasteiger partial charge in [-0.3, -0.25) is 0 Å². The van der Waals surface area contributed by atoms with Crippen LogP contribution in [0, 0.1) is 0 Å². The minimum Gasteiger partial charge on any atom is -0.496 e. The molecule has 0 aliphatic heterocycles. The molecule has 0 N–H and O–H groups in total. The molecular weight excluding hydrogens is 302 g/mol. The molecule has 0 fully saturated rings. The minimum absolute atomic E-state index is 0.455. The normalized spacial score (nSPS) is 10.6. The van der Waals surface area contributed by atoms with Crippen molar-refractivity contribution in [3.63, 3.8) is 0 Å². The van der Waals surface area contributed by atoms with Crippen LogP contribution in [0.5, 0.6) is 5.75 Å². The van der Waals surface area contributed by atoms with Gasteiger partial charge in [0, 0.05) is 10.4 Å². The van der Waals surface area contributed by atoms with Crippen molar-refractivity contribution < 1.29 is 4.74 Å². The topological polar surface area (TPSA) is 22.1 Å². The molecule has 1 aromatic heterocycles. The zero-order valence-corrected chi connectivity index (χ0v) is 13.1. The highest BCUT2D eigenvalue weighted by molar-refractivity contribution is 7.15. The standard InChI is InChI=1S/C17H14ClNOS/c1-20-14-10-6-5-9-13(14)17-19-16(15(11-18)21-17)12-7-3-2-4-8-12/h2-10H,11H2,1H3. The van der Waals surface area contributed by atoms with Gasteiger partial charge in [-0.1, -0.05) is 42.5 Å². The zero-order valence-electron chi connectivity index (χ0n) is 11.5. The molecule has 0 aliphatic rings. The molecule has 2 aromatic carbocycles. The predicted molar refractivity (Wildman–Crippen MR) is 89.1 cm³/mol. The number of nitrogens with zero attached hydrogens (tertiary/aromatic N) is 1. The van der Waals surface area contributed by atoms with Gasteiger partial charge in [-0.15, -0.1) is 22.9 Å². The second-order valence-corrected chi connectivity index (χ2v) is 5.84. The van der Waals surface area contributed by atoms with E-state index in [0.29, 0.717) is 5.88 Å². The quantitative estimate of drug-likeness (QED) is 0.615. The number of rotatable bonds is 4. The van der Waals surface area contributed by atoms with Crippen LogP contribution in [0.2, 0.25) is 0 Å². The lowest BCUT2D eigenvalue weighted by molar-refractivity contribution is 0.416. The first-order valence-electron chi connectivity index (χ1n) is 6.58. The Hall–Kier alpha value is -1.84. The van der Waals surface area contributed by atoms with E-state index in [0.717, 1.165) is 32.5 Å². The number of hydrogen-bond acceptors (Lipinski definition) is 3. The number of thiazole rings is 1. The van der Waals surface area contributed by atoms with Crippen LogP contribution < -0.4 is 4.74 Å². The average molecular weight is 316 g/mol. The SMILES string of the molecule is COc1ccccc1-c1nc(-c2ccccc2)c(CCl)s1. The molecule has 4 heteroatoms. The Balaban J connectivity index is 2.12. The second-order valence-electron chi connectivity index (χ2n) is 4.49. The Morgan fingerprint density at radius 1 is 1.05 bits per heavy atom. The summed E-state index contributed by atoms with van der Waals surface area (Å²) >= 11 is 7.71. The number of para-hydroxylation sites is 1. The number of ether oxygens (including phenoxy) is 1. The van der Waals surface area contributed by atoms with Gasteiger partial charge >= 0.3 is 0 Å². The molecule has 0 unspecified atom stereocenters. The van der Waals surface area contributed by atoms with E-state index >= 15 is 0 Å². The number of aromatic nitrogens is 1. The highest BCUT2D eigenvalue weighted by Crippen LogP contribution is 2.38. The van der Waals surface area contributed by atoms with Gasteiger partial charge in [-0.05, 0) is 12.1 Å². The van der Waals surface area contributed by atoms with Gasteiger partial charge < -0.3 is 4.74 Å². The van der Waals surface area contributed by atoms with Gasteiger partial charge in [0.05, 0.1) is 24.2 Å². The Morgan fingerprint density at radius 2 is 1.76 bits per heavy atom. The molecule has 0 bridgehead atoms. The molecule has 1 heterocycles. The Bertz CT molecular complexity index is 740. The van der Waals surface area contributed by atoms with E-state index in [1.165, 1.54) is 0 Å². The molecule has 106 valence electrons. The molecule has 0 saturated heterocycles. The van der Waals surface area contributed by atoms with E-state index in [-0.39, 0.29) is 0 Å². The number of methoxy groups -OCH3 is 1. The molecule has 0 amide bonds. The molecule has 21 heavy (non-hydrogen) atoms. The molecule has 0 spiro atoms. The summed E-state index contributed by atoms with van der Waals surface area (Å²) < 4.78 is 5.42. The summed E-state index contributed by atoms with van der Waals surface area (Å²) in [5.74, 6) is 1.28. The highest BCUT2D eigenvalue weighted by Gasteiger charge is 2.15. The molecule has 0 aliphatic carbocycles. The minimum atomic E-state index is 0.455. The maximum absolute atomic E-state index is 6.10. The molecule has 2 nitrogen and oxygen atoms in total. The van der Waals surface area contributed by atoms with Crippen LogP contribution in [0.4, 0.5) is 0 Å². The number of halogens is 1. The van der Waals surface area contributed by atoms with Crippen molar-refractivity contribution in [1.29, 1.82) is 0 Å². The maximum Gasteiger partial charge on any atom is 0.129 e. The van der Waals surface area contributed by atoms with E-state index in [1.807, 2.05) is 42.5 Å². The van der Waals surface area contributed by atoms with E-state index in [2.05, 4.69) is 12.1 Å². The summed E-state index contributed by atoms with van der Waals surface area (Å²) in [6.07, 6.45) is 0. The third-order valence-corrected chi connectivity index (χ3v) is 4.72. The molecule has 0 radical (unpaired) electrons. The van der Waals surface area contributed by atoms with Crippen molar-refractivity contribution in [2.24, 2.45) is 0 Å². The van der Waals surface area contributed by atoms with Crippen molar-refractivity contribution in [1.82, 2.24) is 4.98 Å². The van der Waals surface area contributed by atoms with Crippen LogP contribution in [-0.4, -0.2) is 12.1 Å². The van der Waals surface area contributed by atoms with Crippen LogP contribution in [0.1, 0.15) is 4.88 Å². The average Bonchev–Trinajstić information content (AvgIpc) is 2.99. The molecule has 0 saturated carbocycles. The summed E-state index contributed by atoms with van der Waals surface area (Å²) in [6, 6.07) is 18.0. The van der Waals surface area contributed by atoms with E-state index in [1.54, 1.807) is 18.4 Å². The third-order valence-electron chi connectivity index (χ3n) is 3.20. The van der Waals surface area contributed by atoms with Crippen molar-refractivity contribution in [2.75, 3.05) is 7.11 Å². The summed E-state index contributed by atoms with van der Waals surface area (Å²) in [4.78, 5) is 5.86. The molecular formula is C17H14ClNOS. The van der Waals surface area contributed by atoms with Crippen LogP contribution in [-0.2, 0) is 5.88 Å². The number of alkyl halides is 1. The van der Waals surface area contributed by atoms with Crippen molar-refractivity contribution in [3.05, 3.63) is 59.5 Å². The first-order valence-corrected chi connectivity index (χ1v) is 7.93. The van der Waals surface area contributed by atoms with E-state index in [4.69, 9.17) is 21.3 Å². The first-order chi connectivity index (χ1) is 10.3. The fraction of sp³-hybridized carbons (Fsp3) is 0.118. The van der Waals surface area contributed by atoms with Crippen LogP contribution >= 0.6 is 22.9 Å².